The number of thioether (sulfide) groups is 1. The molecule has 0 saturated heterocycles. The number of aromatic hydroxyl groups is 1. The highest BCUT2D eigenvalue weighted by Crippen LogP contribution is 2.19. The van der Waals surface area contributed by atoms with Crippen molar-refractivity contribution >= 4 is 11.8 Å². The molecule has 0 amide bonds. The van der Waals surface area contributed by atoms with Crippen molar-refractivity contribution in [3.05, 3.63) is 24.3 Å². The smallest absolute Gasteiger partial charge is 0.214 e. The zero-order valence-corrected chi connectivity index (χ0v) is 11.8. The molecular weight excluding hydrogens is 262 g/mol. The van der Waals surface area contributed by atoms with Gasteiger partial charge >= 0.3 is 0 Å². The number of nitrogens with one attached hydrogen (secondary N) is 1. The van der Waals surface area contributed by atoms with Crippen molar-refractivity contribution in [2.75, 3.05) is 12.3 Å². The van der Waals surface area contributed by atoms with Crippen LogP contribution < -0.4 is 5.32 Å². The number of rotatable bonds is 6. The van der Waals surface area contributed by atoms with Crippen LogP contribution in [0.25, 0.3) is 5.69 Å². The van der Waals surface area contributed by atoms with Gasteiger partial charge in [0.25, 0.3) is 0 Å². The van der Waals surface area contributed by atoms with Crippen LogP contribution in [-0.2, 0) is 0 Å². The van der Waals surface area contributed by atoms with Crippen LogP contribution in [0.3, 0.4) is 0 Å². The lowest BCUT2D eigenvalue weighted by molar-refractivity contribution is 0.475. The van der Waals surface area contributed by atoms with Crippen LogP contribution in [0.2, 0.25) is 0 Å². The monoisotopic (exact) mass is 279 g/mol. The predicted molar refractivity (Wildman–Crippen MR) is 74.7 cm³/mol. The molecule has 0 radical (unpaired) electrons. The molecule has 0 aliphatic rings. The van der Waals surface area contributed by atoms with Gasteiger partial charge in [0.05, 0.1) is 5.69 Å². The Bertz CT molecular complexity index is 511. The minimum Gasteiger partial charge on any atom is -0.508 e. The third kappa shape index (κ3) is 3.93. The van der Waals surface area contributed by atoms with E-state index in [0.29, 0.717) is 6.04 Å². The van der Waals surface area contributed by atoms with Gasteiger partial charge in [-0.3, -0.25) is 0 Å². The molecule has 102 valence electrons. The first kappa shape index (κ1) is 13.8. The van der Waals surface area contributed by atoms with Gasteiger partial charge in [-0.05, 0) is 34.7 Å². The summed E-state index contributed by atoms with van der Waals surface area (Å²) in [6.07, 6.45) is 0. The number of hydrogen-bond donors (Lipinski definition) is 2. The Morgan fingerprint density at radius 3 is 2.74 bits per heavy atom. The second-order valence-corrected chi connectivity index (χ2v) is 5.41. The second-order valence-electron chi connectivity index (χ2n) is 4.35. The summed E-state index contributed by atoms with van der Waals surface area (Å²) >= 11 is 1.60. The van der Waals surface area contributed by atoms with Crippen LogP contribution >= 0.6 is 11.8 Å². The van der Waals surface area contributed by atoms with Gasteiger partial charge in [-0.15, -0.1) is 5.10 Å². The molecular formula is C12H17N5OS. The minimum atomic E-state index is 0.229. The Labute approximate surface area is 116 Å². The molecule has 0 aliphatic heterocycles. The molecule has 6 nitrogen and oxygen atoms in total. The Morgan fingerprint density at radius 2 is 2.05 bits per heavy atom. The van der Waals surface area contributed by atoms with Gasteiger partial charge in [0, 0.05) is 18.3 Å². The van der Waals surface area contributed by atoms with Gasteiger partial charge in [-0.25, -0.2) is 0 Å². The van der Waals surface area contributed by atoms with Crippen LogP contribution in [0.1, 0.15) is 13.8 Å². The van der Waals surface area contributed by atoms with Crippen LogP contribution in [-0.4, -0.2) is 43.7 Å². The molecule has 1 heterocycles. The van der Waals surface area contributed by atoms with Gasteiger partial charge in [0.1, 0.15) is 5.75 Å². The molecule has 0 atom stereocenters. The van der Waals surface area contributed by atoms with Gasteiger partial charge < -0.3 is 10.4 Å². The molecule has 0 saturated carbocycles. The first-order valence-electron chi connectivity index (χ1n) is 6.11. The van der Waals surface area contributed by atoms with Crippen molar-refractivity contribution in [3.8, 4) is 11.4 Å². The van der Waals surface area contributed by atoms with Crippen molar-refractivity contribution in [1.29, 1.82) is 0 Å². The predicted octanol–water partition coefficient (Wildman–Crippen LogP) is 1.46. The number of benzene rings is 1. The van der Waals surface area contributed by atoms with E-state index in [1.165, 1.54) is 0 Å². The van der Waals surface area contributed by atoms with Crippen molar-refractivity contribution in [2.45, 2.75) is 25.0 Å². The normalized spacial score (nSPS) is 11.1. The fourth-order valence-electron chi connectivity index (χ4n) is 1.51. The van der Waals surface area contributed by atoms with Crippen LogP contribution in [0.5, 0.6) is 5.75 Å². The van der Waals surface area contributed by atoms with E-state index in [9.17, 15) is 5.11 Å². The molecule has 0 unspecified atom stereocenters. The molecule has 0 spiro atoms. The Hall–Kier alpha value is -1.60. The van der Waals surface area contributed by atoms with Crippen LogP contribution in [0.4, 0.5) is 0 Å². The summed E-state index contributed by atoms with van der Waals surface area (Å²) in [5.41, 5.74) is 0.835. The summed E-state index contributed by atoms with van der Waals surface area (Å²) in [6.45, 7) is 5.14. The summed E-state index contributed by atoms with van der Waals surface area (Å²) in [5.74, 6) is 1.13. The highest BCUT2D eigenvalue weighted by molar-refractivity contribution is 7.99. The zero-order chi connectivity index (χ0) is 13.7. The van der Waals surface area contributed by atoms with E-state index in [1.54, 1.807) is 40.7 Å². The Morgan fingerprint density at radius 1 is 1.32 bits per heavy atom. The van der Waals surface area contributed by atoms with Gasteiger partial charge in [0.2, 0.25) is 5.16 Å². The molecule has 2 N–H and O–H groups in total. The number of aromatic nitrogens is 4. The molecule has 1 aromatic heterocycles. The SMILES string of the molecule is CC(C)NCCSc1nnnn1-c1ccc(O)cc1. The van der Waals surface area contributed by atoms with Gasteiger partial charge in [-0.2, -0.15) is 4.68 Å². The van der Waals surface area contributed by atoms with E-state index in [4.69, 9.17) is 0 Å². The quantitative estimate of drug-likeness (QED) is 0.616. The average molecular weight is 279 g/mol. The first-order valence-corrected chi connectivity index (χ1v) is 7.09. The molecule has 0 aliphatic carbocycles. The third-order valence-electron chi connectivity index (χ3n) is 2.42. The summed E-state index contributed by atoms with van der Waals surface area (Å²) in [6, 6.07) is 7.27. The molecule has 7 heteroatoms. The lowest BCUT2D eigenvalue weighted by Gasteiger charge is -2.07. The number of phenols is 1. The van der Waals surface area contributed by atoms with Gasteiger partial charge in [0.15, 0.2) is 0 Å². The van der Waals surface area contributed by atoms with Crippen LogP contribution in [0.15, 0.2) is 29.4 Å². The van der Waals surface area contributed by atoms with E-state index >= 15 is 0 Å². The maximum Gasteiger partial charge on any atom is 0.214 e. The molecule has 0 bridgehead atoms. The maximum absolute atomic E-state index is 9.27. The molecule has 2 rings (SSSR count). The van der Waals surface area contributed by atoms with Crippen LogP contribution in [0, 0.1) is 0 Å². The molecule has 19 heavy (non-hydrogen) atoms. The Balaban J connectivity index is 1.99. The summed E-state index contributed by atoms with van der Waals surface area (Å²) in [4.78, 5) is 0. The molecule has 2 aromatic rings. The van der Waals surface area contributed by atoms with E-state index in [0.717, 1.165) is 23.1 Å². The topological polar surface area (TPSA) is 75.9 Å². The average Bonchev–Trinajstić information content (AvgIpc) is 2.84. The number of nitrogens with zero attached hydrogens (tertiary/aromatic N) is 4. The summed E-state index contributed by atoms with van der Waals surface area (Å²) in [7, 11) is 0. The fraction of sp³-hybridized carbons (Fsp3) is 0.417. The second kappa shape index (κ2) is 6.53. The largest absolute Gasteiger partial charge is 0.508 e. The van der Waals surface area contributed by atoms with E-state index in [2.05, 4.69) is 34.7 Å². The van der Waals surface area contributed by atoms with E-state index in [-0.39, 0.29) is 5.75 Å². The molecule has 1 aromatic carbocycles. The highest BCUT2D eigenvalue weighted by atomic mass is 32.2. The maximum atomic E-state index is 9.27. The third-order valence-corrected chi connectivity index (χ3v) is 3.34. The highest BCUT2D eigenvalue weighted by Gasteiger charge is 2.08. The van der Waals surface area contributed by atoms with E-state index < -0.39 is 0 Å². The van der Waals surface area contributed by atoms with Gasteiger partial charge in [-0.1, -0.05) is 25.6 Å². The zero-order valence-electron chi connectivity index (χ0n) is 10.9. The van der Waals surface area contributed by atoms with Crippen molar-refractivity contribution in [2.24, 2.45) is 0 Å². The minimum absolute atomic E-state index is 0.229. The lowest BCUT2D eigenvalue weighted by Crippen LogP contribution is -2.25. The lowest BCUT2D eigenvalue weighted by atomic mass is 10.3. The van der Waals surface area contributed by atoms with Crippen molar-refractivity contribution < 1.29 is 5.11 Å². The Kier molecular flexibility index (Phi) is 4.75. The number of hydrogen-bond acceptors (Lipinski definition) is 6. The number of phenolic OH excluding ortho intramolecular Hbond substituents is 1. The molecule has 0 fully saturated rings. The fourth-order valence-corrected chi connectivity index (χ4v) is 2.28. The standard InChI is InChI=1S/C12H17N5OS/c1-9(2)13-7-8-19-12-14-15-16-17(12)10-3-5-11(18)6-4-10/h3-6,9,13,18H,7-8H2,1-2H3. The van der Waals surface area contributed by atoms with E-state index in [1.807, 2.05) is 0 Å². The number of tetrazole rings is 1. The first-order chi connectivity index (χ1) is 9.16. The summed E-state index contributed by atoms with van der Waals surface area (Å²) < 4.78 is 1.67. The van der Waals surface area contributed by atoms with Crippen molar-refractivity contribution in [1.82, 2.24) is 25.5 Å². The van der Waals surface area contributed by atoms with Crippen molar-refractivity contribution in [3.63, 3.8) is 0 Å². The summed E-state index contributed by atoms with van der Waals surface area (Å²) in [5, 5.41) is 25.0.